The number of hydrogen-bond acceptors (Lipinski definition) is 4. The van der Waals surface area contributed by atoms with Crippen molar-refractivity contribution < 1.29 is 9.84 Å². The van der Waals surface area contributed by atoms with E-state index in [2.05, 4.69) is 6.07 Å². The molecule has 0 spiro atoms. The van der Waals surface area contributed by atoms with Crippen molar-refractivity contribution in [1.29, 1.82) is 5.26 Å². The predicted octanol–water partition coefficient (Wildman–Crippen LogP) is 2.11. The average molecular weight is 269 g/mol. The van der Waals surface area contributed by atoms with Gasteiger partial charge in [-0.25, -0.2) is 0 Å². The van der Waals surface area contributed by atoms with Crippen molar-refractivity contribution in [2.45, 2.75) is 18.9 Å². The molecule has 0 unspecified atom stereocenters. The summed E-state index contributed by atoms with van der Waals surface area (Å²) in [6.45, 7) is 1.44. The number of halogens is 1. The highest BCUT2D eigenvalue weighted by molar-refractivity contribution is 5.85. The largest absolute Gasteiger partial charge is 0.508 e. The molecule has 4 nitrogen and oxygen atoms in total. The maximum Gasteiger partial charge on any atom is 0.120 e. The third-order valence-electron chi connectivity index (χ3n) is 3.29. The van der Waals surface area contributed by atoms with Crippen LogP contribution in [0.15, 0.2) is 18.2 Å². The zero-order chi connectivity index (χ0) is 12.3. The molecule has 1 atom stereocenters. The Morgan fingerprint density at radius 3 is 2.67 bits per heavy atom. The number of hydrogen-bond donors (Lipinski definition) is 2. The number of rotatable bonds is 2. The van der Waals surface area contributed by atoms with Gasteiger partial charge in [0, 0.05) is 24.8 Å². The summed E-state index contributed by atoms with van der Waals surface area (Å²) in [4.78, 5) is 0. The van der Waals surface area contributed by atoms with Crippen molar-refractivity contribution in [3.8, 4) is 11.8 Å². The molecule has 1 saturated heterocycles. The number of phenolic OH excluding ortho intramolecular Hbond substituents is 1. The van der Waals surface area contributed by atoms with Crippen molar-refractivity contribution in [2.75, 3.05) is 13.2 Å². The van der Waals surface area contributed by atoms with E-state index in [-0.39, 0.29) is 24.2 Å². The number of benzene rings is 1. The monoisotopic (exact) mass is 268 g/mol. The minimum absolute atomic E-state index is 0. The third-order valence-corrected chi connectivity index (χ3v) is 3.29. The minimum Gasteiger partial charge on any atom is -0.508 e. The molecule has 3 N–H and O–H groups in total. The Morgan fingerprint density at radius 1 is 1.39 bits per heavy atom. The second kappa shape index (κ2) is 6.60. The molecule has 5 heteroatoms. The zero-order valence-electron chi connectivity index (χ0n) is 10.0. The number of nitrogens with two attached hydrogens (primary N) is 1. The van der Waals surface area contributed by atoms with E-state index in [1.807, 2.05) is 0 Å². The van der Waals surface area contributed by atoms with E-state index < -0.39 is 0 Å². The van der Waals surface area contributed by atoms with Gasteiger partial charge in [0.1, 0.15) is 5.75 Å². The standard InChI is InChI=1S/C13H16N2O2.ClH/c14-8-9-1-2-12(16)11(7-9)13(15)10-3-5-17-6-4-10;/h1-2,7,10,13,16H,3-6,15H2;1H/t13-;/m1./s1. The Balaban J connectivity index is 0.00000162. The van der Waals surface area contributed by atoms with Crippen molar-refractivity contribution in [3.05, 3.63) is 29.3 Å². The summed E-state index contributed by atoms with van der Waals surface area (Å²) in [7, 11) is 0. The highest BCUT2D eigenvalue weighted by atomic mass is 35.5. The summed E-state index contributed by atoms with van der Waals surface area (Å²) in [5, 5.41) is 18.7. The lowest BCUT2D eigenvalue weighted by Gasteiger charge is -2.28. The zero-order valence-corrected chi connectivity index (χ0v) is 10.8. The van der Waals surface area contributed by atoms with Crippen LogP contribution >= 0.6 is 12.4 Å². The highest BCUT2D eigenvalue weighted by Crippen LogP contribution is 2.33. The van der Waals surface area contributed by atoms with E-state index in [1.54, 1.807) is 12.1 Å². The minimum atomic E-state index is -0.229. The van der Waals surface area contributed by atoms with Gasteiger partial charge >= 0.3 is 0 Å². The van der Waals surface area contributed by atoms with Crippen LogP contribution in [-0.2, 0) is 4.74 Å². The van der Waals surface area contributed by atoms with Crippen LogP contribution < -0.4 is 5.73 Å². The molecule has 1 heterocycles. The lowest BCUT2D eigenvalue weighted by atomic mass is 9.87. The molecular weight excluding hydrogens is 252 g/mol. The molecule has 1 fully saturated rings. The summed E-state index contributed by atoms with van der Waals surface area (Å²) in [5.74, 6) is 0.478. The molecule has 18 heavy (non-hydrogen) atoms. The lowest BCUT2D eigenvalue weighted by molar-refractivity contribution is 0.0581. The first-order valence-electron chi connectivity index (χ1n) is 5.78. The molecule has 1 aliphatic rings. The Labute approximate surface area is 113 Å². The molecule has 0 bridgehead atoms. The summed E-state index contributed by atoms with van der Waals surface area (Å²) in [6.07, 6.45) is 1.80. The normalized spacial score (nSPS) is 17.6. The molecular formula is C13H17ClN2O2. The fraction of sp³-hybridized carbons (Fsp3) is 0.462. The quantitative estimate of drug-likeness (QED) is 0.861. The molecule has 1 aromatic rings. The topological polar surface area (TPSA) is 79.3 Å². The third kappa shape index (κ3) is 3.14. The molecule has 0 radical (unpaired) electrons. The van der Waals surface area contributed by atoms with Crippen LogP contribution in [0.4, 0.5) is 0 Å². The van der Waals surface area contributed by atoms with Gasteiger partial charge in [0.05, 0.1) is 11.6 Å². The summed E-state index contributed by atoms with van der Waals surface area (Å²) >= 11 is 0. The van der Waals surface area contributed by atoms with E-state index in [0.717, 1.165) is 26.1 Å². The lowest BCUT2D eigenvalue weighted by Crippen LogP contribution is -2.27. The van der Waals surface area contributed by atoms with Crippen molar-refractivity contribution >= 4 is 12.4 Å². The Bertz CT molecular complexity index is 439. The molecule has 98 valence electrons. The molecule has 1 aromatic carbocycles. The second-order valence-corrected chi connectivity index (χ2v) is 4.36. The summed E-state index contributed by atoms with van der Waals surface area (Å²) in [5.41, 5.74) is 7.36. The van der Waals surface area contributed by atoms with Crippen LogP contribution in [0, 0.1) is 17.2 Å². The number of nitriles is 1. The Hall–Kier alpha value is -1.28. The first-order chi connectivity index (χ1) is 8.22. The van der Waals surface area contributed by atoms with Gasteiger partial charge < -0.3 is 15.6 Å². The van der Waals surface area contributed by atoms with Gasteiger partial charge in [0.15, 0.2) is 0 Å². The first kappa shape index (κ1) is 14.8. The average Bonchev–Trinajstić information content (AvgIpc) is 2.39. The maximum absolute atomic E-state index is 9.81. The van der Waals surface area contributed by atoms with Crippen LogP contribution in [0.25, 0.3) is 0 Å². The smallest absolute Gasteiger partial charge is 0.120 e. The molecule has 0 saturated carbocycles. The maximum atomic E-state index is 9.81. The van der Waals surface area contributed by atoms with Gasteiger partial charge in [-0.3, -0.25) is 0 Å². The fourth-order valence-electron chi connectivity index (χ4n) is 2.22. The number of phenols is 1. The van der Waals surface area contributed by atoms with E-state index in [9.17, 15) is 5.11 Å². The number of nitrogens with zero attached hydrogens (tertiary/aromatic N) is 1. The van der Waals surface area contributed by atoms with Gasteiger partial charge in [-0.05, 0) is 37.0 Å². The van der Waals surface area contributed by atoms with Crippen molar-refractivity contribution in [3.63, 3.8) is 0 Å². The Kier molecular flexibility index (Phi) is 5.42. The van der Waals surface area contributed by atoms with Crippen LogP contribution in [-0.4, -0.2) is 18.3 Å². The molecule has 2 rings (SSSR count). The molecule has 0 aromatic heterocycles. The Morgan fingerprint density at radius 2 is 2.06 bits per heavy atom. The van der Waals surface area contributed by atoms with Gasteiger partial charge in [-0.15, -0.1) is 12.4 Å². The van der Waals surface area contributed by atoms with Gasteiger partial charge in [0.2, 0.25) is 0 Å². The van der Waals surface area contributed by atoms with E-state index in [4.69, 9.17) is 15.7 Å². The predicted molar refractivity (Wildman–Crippen MR) is 70.5 cm³/mol. The number of aromatic hydroxyl groups is 1. The SMILES string of the molecule is Cl.N#Cc1ccc(O)c([C@H](N)C2CCOCC2)c1. The van der Waals surface area contributed by atoms with Gasteiger partial charge in [-0.2, -0.15) is 5.26 Å². The second-order valence-electron chi connectivity index (χ2n) is 4.36. The van der Waals surface area contributed by atoms with Crippen LogP contribution in [0.5, 0.6) is 5.75 Å². The highest BCUT2D eigenvalue weighted by Gasteiger charge is 2.24. The van der Waals surface area contributed by atoms with E-state index in [0.29, 0.717) is 17.0 Å². The summed E-state index contributed by atoms with van der Waals surface area (Å²) in [6, 6.07) is 6.64. The van der Waals surface area contributed by atoms with Crippen molar-refractivity contribution in [1.82, 2.24) is 0 Å². The first-order valence-corrected chi connectivity index (χ1v) is 5.78. The summed E-state index contributed by atoms with van der Waals surface area (Å²) < 4.78 is 5.29. The van der Waals surface area contributed by atoms with Crippen molar-refractivity contribution in [2.24, 2.45) is 11.7 Å². The fourth-order valence-corrected chi connectivity index (χ4v) is 2.22. The van der Waals surface area contributed by atoms with Crippen LogP contribution in [0.2, 0.25) is 0 Å². The van der Waals surface area contributed by atoms with E-state index in [1.165, 1.54) is 6.07 Å². The molecule has 0 amide bonds. The van der Waals surface area contributed by atoms with E-state index >= 15 is 0 Å². The molecule has 1 aliphatic heterocycles. The van der Waals surface area contributed by atoms with Gasteiger partial charge in [-0.1, -0.05) is 0 Å². The number of ether oxygens (including phenoxy) is 1. The molecule has 0 aliphatic carbocycles. The van der Waals surface area contributed by atoms with Gasteiger partial charge in [0.25, 0.3) is 0 Å². The van der Waals surface area contributed by atoms with Crippen LogP contribution in [0.3, 0.4) is 0 Å². The van der Waals surface area contributed by atoms with Crippen LogP contribution in [0.1, 0.15) is 30.0 Å².